The van der Waals surface area contributed by atoms with Crippen LogP contribution in [0.15, 0.2) is 18.2 Å². The Morgan fingerprint density at radius 1 is 1.33 bits per heavy atom. The van der Waals surface area contributed by atoms with Crippen LogP contribution in [-0.2, 0) is 4.74 Å². The molecule has 0 bridgehead atoms. The number of aliphatic hydroxyl groups excluding tert-OH is 1. The predicted octanol–water partition coefficient (Wildman–Crippen LogP) is 2.89. The summed E-state index contributed by atoms with van der Waals surface area (Å²) in [5.41, 5.74) is 0.146. The van der Waals surface area contributed by atoms with Gasteiger partial charge in [0.05, 0.1) is 11.7 Å². The van der Waals surface area contributed by atoms with Crippen LogP contribution in [0, 0.1) is 11.6 Å². The lowest BCUT2D eigenvalue weighted by Gasteiger charge is -2.39. The molecule has 0 aromatic heterocycles. The number of hydrogen-bond donors (Lipinski definition) is 1. The fourth-order valence-corrected chi connectivity index (χ4v) is 2.90. The maximum absolute atomic E-state index is 13.2. The third-order valence-electron chi connectivity index (χ3n) is 4.22. The van der Waals surface area contributed by atoms with Crippen LogP contribution in [0.1, 0.15) is 37.9 Å². The summed E-state index contributed by atoms with van der Waals surface area (Å²) in [4.78, 5) is 2.23. The Labute approximate surface area is 124 Å². The summed E-state index contributed by atoms with van der Waals surface area (Å²) < 4.78 is 31.8. The Morgan fingerprint density at radius 3 is 2.62 bits per heavy atom. The van der Waals surface area contributed by atoms with Gasteiger partial charge in [-0.25, -0.2) is 8.78 Å². The molecule has 1 aromatic rings. The van der Waals surface area contributed by atoms with E-state index in [-0.39, 0.29) is 5.60 Å². The molecule has 0 spiro atoms. The largest absolute Gasteiger partial charge is 0.388 e. The van der Waals surface area contributed by atoms with Gasteiger partial charge < -0.3 is 14.7 Å². The molecule has 2 rings (SSSR count). The van der Waals surface area contributed by atoms with Gasteiger partial charge in [-0.3, -0.25) is 0 Å². The van der Waals surface area contributed by atoms with Crippen molar-refractivity contribution in [2.75, 3.05) is 26.7 Å². The lowest BCUT2D eigenvalue weighted by atomic mass is 9.94. The van der Waals surface area contributed by atoms with E-state index in [1.165, 1.54) is 12.1 Å². The van der Waals surface area contributed by atoms with E-state index in [1.54, 1.807) is 7.11 Å². The standard InChI is InChI=1S/C16H23F2NO2/c1-16(21-2)5-3-6-19(11-16)7-4-15(20)12-8-13(17)10-14(18)9-12/h8-10,15,20H,3-7,11H2,1-2H3. The second-order valence-corrected chi connectivity index (χ2v) is 6.04. The van der Waals surface area contributed by atoms with Crippen molar-refractivity contribution in [2.45, 2.75) is 37.9 Å². The molecule has 3 nitrogen and oxygen atoms in total. The zero-order valence-corrected chi connectivity index (χ0v) is 12.6. The normalized spacial score (nSPS) is 25.0. The molecule has 2 unspecified atom stereocenters. The number of methoxy groups -OCH3 is 1. The number of halogens is 2. The molecule has 1 aliphatic heterocycles. The zero-order valence-electron chi connectivity index (χ0n) is 12.6. The highest BCUT2D eigenvalue weighted by Gasteiger charge is 2.30. The van der Waals surface area contributed by atoms with E-state index < -0.39 is 17.7 Å². The second-order valence-electron chi connectivity index (χ2n) is 6.04. The van der Waals surface area contributed by atoms with Crippen LogP contribution >= 0.6 is 0 Å². The van der Waals surface area contributed by atoms with Gasteiger partial charge >= 0.3 is 0 Å². The van der Waals surface area contributed by atoms with E-state index in [2.05, 4.69) is 11.8 Å². The summed E-state index contributed by atoms with van der Waals surface area (Å²) in [6.45, 7) is 4.53. The van der Waals surface area contributed by atoms with E-state index in [4.69, 9.17) is 4.74 Å². The van der Waals surface area contributed by atoms with Gasteiger partial charge in [0.25, 0.3) is 0 Å². The Morgan fingerprint density at radius 2 is 2.00 bits per heavy atom. The van der Waals surface area contributed by atoms with Gasteiger partial charge in [0, 0.05) is 26.3 Å². The van der Waals surface area contributed by atoms with Crippen LogP contribution in [0.5, 0.6) is 0 Å². The number of nitrogens with zero attached hydrogens (tertiary/aromatic N) is 1. The fourth-order valence-electron chi connectivity index (χ4n) is 2.90. The average molecular weight is 299 g/mol. The first-order valence-corrected chi connectivity index (χ1v) is 7.33. The number of ether oxygens (including phenoxy) is 1. The highest BCUT2D eigenvalue weighted by Crippen LogP contribution is 2.25. The van der Waals surface area contributed by atoms with Crippen molar-refractivity contribution >= 4 is 0 Å². The average Bonchev–Trinajstić information content (AvgIpc) is 2.44. The minimum absolute atomic E-state index is 0.145. The van der Waals surface area contributed by atoms with E-state index in [1.807, 2.05) is 0 Å². The van der Waals surface area contributed by atoms with Crippen molar-refractivity contribution in [2.24, 2.45) is 0 Å². The molecule has 0 radical (unpaired) electrons. The van der Waals surface area contributed by atoms with Gasteiger partial charge in [0.2, 0.25) is 0 Å². The number of benzene rings is 1. The van der Waals surface area contributed by atoms with Gasteiger partial charge in [-0.1, -0.05) is 0 Å². The molecule has 0 aliphatic carbocycles. The lowest BCUT2D eigenvalue weighted by Crippen LogP contribution is -2.47. The molecule has 1 heterocycles. The summed E-state index contributed by atoms with van der Waals surface area (Å²) in [6.07, 6.45) is 1.67. The molecule has 118 valence electrons. The fraction of sp³-hybridized carbons (Fsp3) is 0.625. The van der Waals surface area contributed by atoms with Gasteiger partial charge in [0.15, 0.2) is 0 Å². The van der Waals surface area contributed by atoms with E-state index in [9.17, 15) is 13.9 Å². The number of rotatable bonds is 5. The topological polar surface area (TPSA) is 32.7 Å². The second kappa shape index (κ2) is 6.81. The number of piperidine rings is 1. The van der Waals surface area contributed by atoms with Crippen molar-refractivity contribution in [3.05, 3.63) is 35.4 Å². The molecule has 1 aromatic carbocycles. The minimum Gasteiger partial charge on any atom is -0.388 e. The molecule has 5 heteroatoms. The summed E-state index contributed by atoms with van der Waals surface area (Å²) in [7, 11) is 1.72. The van der Waals surface area contributed by atoms with Crippen LogP contribution in [0.3, 0.4) is 0 Å². The molecular formula is C16H23F2NO2. The quantitative estimate of drug-likeness (QED) is 0.907. The highest BCUT2D eigenvalue weighted by molar-refractivity contribution is 5.20. The maximum Gasteiger partial charge on any atom is 0.126 e. The molecule has 1 saturated heterocycles. The molecule has 0 amide bonds. The predicted molar refractivity (Wildman–Crippen MR) is 77.0 cm³/mol. The highest BCUT2D eigenvalue weighted by atomic mass is 19.1. The molecule has 21 heavy (non-hydrogen) atoms. The summed E-state index contributed by atoms with van der Waals surface area (Å²) >= 11 is 0. The van der Waals surface area contributed by atoms with Crippen LogP contribution in [0.4, 0.5) is 8.78 Å². The van der Waals surface area contributed by atoms with Crippen molar-refractivity contribution in [1.82, 2.24) is 4.90 Å². The van der Waals surface area contributed by atoms with Crippen LogP contribution in [-0.4, -0.2) is 42.4 Å². The molecule has 2 atom stereocenters. The molecule has 1 N–H and O–H groups in total. The first-order valence-electron chi connectivity index (χ1n) is 7.33. The maximum atomic E-state index is 13.2. The third-order valence-corrected chi connectivity index (χ3v) is 4.22. The summed E-state index contributed by atoms with van der Waals surface area (Å²) in [5, 5.41) is 10.1. The lowest BCUT2D eigenvalue weighted by molar-refractivity contribution is -0.0528. The monoisotopic (exact) mass is 299 g/mol. The Balaban J connectivity index is 1.90. The van der Waals surface area contributed by atoms with Gasteiger partial charge in [-0.15, -0.1) is 0 Å². The summed E-state index contributed by atoms with van der Waals surface area (Å²) in [5.74, 6) is -1.32. The molecule has 1 fully saturated rings. The number of hydrogen-bond acceptors (Lipinski definition) is 3. The van der Waals surface area contributed by atoms with Gasteiger partial charge in [0.1, 0.15) is 11.6 Å². The minimum atomic E-state index is -0.856. The van der Waals surface area contributed by atoms with Gasteiger partial charge in [-0.2, -0.15) is 0 Å². The van der Waals surface area contributed by atoms with Crippen LogP contribution in [0.2, 0.25) is 0 Å². The van der Waals surface area contributed by atoms with Crippen molar-refractivity contribution in [3.8, 4) is 0 Å². The Bertz CT molecular complexity index is 463. The van der Waals surface area contributed by atoms with E-state index in [0.29, 0.717) is 18.5 Å². The molecule has 1 aliphatic rings. The SMILES string of the molecule is COC1(C)CCCN(CCC(O)c2cc(F)cc(F)c2)C1. The summed E-state index contributed by atoms with van der Waals surface area (Å²) in [6, 6.07) is 3.18. The third kappa shape index (κ3) is 4.46. The first kappa shape index (κ1) is 16.3. The van der Waals surface area contributed by atoms with Crippen molar-refractivity contribution in [3.63, 3.8) is 0 Å². The Kier molecular flexibility index (Phi) is 5.30. The van der Waals surface area contributed by atoms with Crippen LogP contribution < -0.4 is 0 Å². The molecular weight excluding hydrogens is 276 g/mol. The van der Waals surface area contributed by atoms with Gasteiger partial charge in [-0.05, 0) is 50.4 Å². The smallest absolute Gasteiger partial charge is 0.126 e. The Hall–Kier alpha value is -1.04. The van der Waals surface area contributed by atoms with E-state index in [0.717, 1.165) is 32.0 Å². The van der Waals surface area contributed by atoms with Crippen LogP contribution in [0.25, 0.3) is 0 Å². The van der Waals surface area contributed by atoms with Crippen molar-refractivity contribution in [1.29, 1.82) is 0 Å². The zero-order chi connectivity index (χ0) is 15.5. The van der Waals surface area contributed by atoms with Crippen molar-refractivity contribution < 1.29 is 18.6 Å². The number of aliphatic hydroxyl groups is 1. The number of likely N-dealkylation sites (tertiary alicyclic amines) is 1. The van der Waals surface area contributed by atoms with E-state index >= 15 is 0 Å². The first-order chi connectivity index (χ1) is 9.92. The molecule has 0 saturated carbocycles.